The molecular formula is C7H13N3O4. The first-order valence-corrected chi connectivity index (χ1v) is 4.26. The van der Waals surface area contributed by atoms with Crippen LogP contribution in [0.5, 0.6) is 0 Å². The van der Waals surface area contributed by atoms with Gasteiger partial charge in [0.1, 0.15) is 6.10 Å². The normalized spacial score (nSPS) is 18.9. The molecule has 1 aliphatic rings. The molecular weight excluding hydrogens is 190 g/mol. The molecule has 0 aromatic heterocycles. The molecule has 7 nitrogen and oxygen atoms in total. The fourth-order valence-electron chi connectivity index (χ4n) is 1.33. The van der Waals surface area contributed by atoms with Crippen molar-refractivity contribution in [3.63, 3.8) is 0 Å². The lowest BCUT2D eigenvalue weighted by molar-refractivity contribution is -0.124. The molecule has 1 rings (SSSR count). The first-order valence-electron chi connectivity index (χ1n) is 4.26. The van der Waals surface area contributed by atoms with Crippen LogP contribution in [0, 0.1) is 0 Å². The Kier molecular flexibility index (Phi) is 3.52. The summed E-state index contributed by atoms with van der Waals surface area (Å²) in [5.41, 5.74) is 9.69. The SMILES string of the molecule is NC(=O)OC1CCN(OC(N)=O)CC1. The number of amides is 2. The Bertz CT molecular complexity index is 201. The van der Waals surface area contributed by atoms with Crippen molar-refractivity contribution >= 4 is 12.2 Å². The quantitative estimate of drug-likeness (QED) is 0.632. The average molecular weight is 203 g/mol. The molecule has 1 aliphatic heterocycles. The van der Waals surface area contributed by atoms with Crippen molar-refractivity contribution in [3.05, 3.63) is 0 Å². The molecule has 0 aromatic rings. The van der Waals surface area contributed by atoms with Crippen LogP contribution in [0.2, 0.25) is 0 Å². The number of nitrogens with zero attached hydrogens (tertiary/aromatic N) is 1. The molecule has 0 saturated carbocycles. The zero-order valence-corrected chi connectivity index (χ0v) is 7.64. The van der Waals surface area contributed by atoms with Crippen molar-refractivity contribution in [1.29, 1.82) is 0 Å². The molecule has 14 heavy (non-hydrogen) atoms. The van der Waals surface area contributed by atoms with Crippen molar-refractivity contribution in [1.82, 2.24) is 5.06 Å². The number of nitrogens with two attached hydrogens (primary N) is 2. The highest BCUT2D eigenvalue weighted by Gasteiger charge is 2.23. The number of hydroxylamine groups is 2. The topological polar surface area (TPSA) is 108 Å². The van der Waals surface area contributed by atoms with E-state index in [4.69, 9.17) is 16.2 Å². The summed E-state index contributed by atoms with van der Waals surface area (Å²) in [7, 11) is 0. The maximum atomic E-state index is 10.4. The number of ether oxygens (including phenoxy) is 1. The van der Waals surface area contributed by atoms with Gasteiger partial charge in [0.05, 0.1) is 0 Å². The fourth-order valence-corrected chi connectivity index (χ4v) is 1.33. The monoisotopic (exact) mass is 203 g/mol. The lowest BCUT2D eigenvalue weighted by Crippen LogP contribution is -2.40. The van der Waals surface area contributed by atoms with Gasteiger partial charge in [-0.05, 0) is 0 Å². The highest BCUT2D eigenvalue weighted by molar-refractivity contribution is 5.65. The van der Waals surface area contributed by atoms with Gasteiger partial charge in [0.25, 0.3) is 0 Å². The van der Waals surface area contributed by atoms with E-state index in [1.165, 1.54) is 5.06 Å². The van der Waals surface area contributed by atoms with Gasteiger partial charge in [0.15, 0.2) is 0 Å². The van der Waals surface area contributed by atoms with Gasteiger partial charge in [-0.2, -0.15) is 0 Å². The minimum absolute atomic E-state index is 0.194. The predicted molar refractivity (Wildman–Crippen MR) is 45.9 cm³/mol. The van der Waals surface area contributed by atoms with Crippen molar-refractivity contribution in [2.45, 2.75) is 18.9 Å². The van der Waals surface area contributed by atoms with Crippen LogP contribution in [0.4, 0.5) is 9.59 Å². The first kappa shape index (κ1) is 10.6. The van der Waals surface area contributed by atoms with Gasteiger partial charge < -0.3 is 21.0 Å². The maximum absolute atomic E-state index is 10.4. The van der Waals surface area contributed by atoms with E-state index in [-0.39, 0.29) is 6.10 Å². The van der Waals surface area contributed by atoms with Gasteiger partial charge >= 0.3 is 12.2 Å². The Morgan fingerprint density at radius 1 is 1.14 bits per heavy atom. The first-order chi connectivity index (χ1) is 6.58. The molecule has 0 spiro atoms. The van der Waals surface area contributed by atoms with Crippen LogP contribution < -0.4 is 11.5 Å². The second-order valence-electron chi connectivity index (χ2n) is 2.98. The van der Waals surface area contributed by atoms with Crippen LogP contribution in [-0.2, 0) is 9.57 Å². The lowest BCUT2D eigenvalue weighted by Gasteiger charge is -2.28. The highest BCUT2D eigenvalue weighted by Crippen LogP contribution is 2.13. The molecule has 1 fully saturated rings. The van der Waals surface area contributed by atoms with Crippen molar-refractivity contribution in [2.75, 3.05) is 13.1 Å². The number of hydrogen-bond donors (Lipinski definition) is 2. The zero-order chi connectivity index (χ0) is 10.6. The van der Waals surface area contributed by atoms with E-state index in [9.17, 15) is 9.59 Å². The number of piperidine rings is 1. The lowest BCUT2D eigenvalue weighted by atomic mass is 10.1. The minimum atomic E-state index is -0.834. The third-order valence-corrected chi connectivity index (χ3v) is 1.90. The molecule has 7 heteroatoms. The zero-order valence-electron chi connectivity index (χ0n) is 7.64. The second kappa shape index (κ2) is 4.66. The van der Waals surface area contributed by atoms with Gasteiger partial charge in [0, 0.05) is 25.9 Å². The van der Waals surface area contributed by atoms with Crippen LogP contribution in [0.15, 0.2) is 0 Å². The number of carbonyl (C=O) groups excluding carboxylic acids is 2. The molecule has 0 unspecified atom stereocenters. The fraction of sp³-hybridized carbons (Fsp3) is 0.714. The predicted octanol–water partition coefficient (Wildman–Crippen LogP) is -0.444. The second-order valence-corrected chi connectivity index (χ2v) is 2.98. The summed E-state index contributed by atoms with van der Waals surface area (Å²) < 4.78 is 4.78. The minimum Gasteiger partial charge on any atom is -0.446 e. The number of carbonyl (C=O) groups is 2. The highest BCUT2D eigenvalue weighted by atomic mass is 16.7. The van der Waals surface area contributed by atoms with Crippen LogP contribution in [0.3, 0.4) is 0 Å². The largest absolute Gasteiger partial charge is 0.446 e. The Morgan fingerprint density at radius 2 is 1.71 bits per heavy atom. The van der Waals surface area contributed by atoms with E-state index in [0.717, 1.165) is 0 Å². The summed E-state index contributed by atoms with van der Waals surface area (Å²) in [6.07, 6.45) is -0.648. The van der Waals surface area contributed by atoms with Crippen molar-refractivity contribution in [3.8, 4) is 0 Å². The summed E-state index contributed by atoms with van der Waals surface area (Å²) in [6.45, 7) is 0.974. The molecule has 0 aromatic carbocycles. The molecule has 1 saturated heterocycles. The van der Waals surface area contributed by atoms with E-state index < -0.39 is 12.2 Å². The molecule has 1 heterocycles. The van der Waals surface area contributed by atoms with E-state index in [0.29, 0.717) is 25.9 Å². The third-order valence-electron chi connectivity index (χ3n) is 1.90. The molecule has 0 radical (unpaired) electrons. The molecule has 80 valence electrons. The number of rotatable bonds is 2. The van der Waals surface area contributed by atoms with E-state index in [2.05, 4.69) is 4.84 Å². The summed E-state index contributed by atoms with van der Waals surface area (Å²) in [6, 6.07) is 0. The molecule has 2 amide bonds. The van der Waals surface area contributed by atoms with Crippen LogP contribution in [0.1, 0.15) is 12.8 Å². The molecule has 0 atom stereocenters. The van der Waals surface area contributed by atoms with Gasteiger partial charge in [0.2, 0.25) is 0 Å². The van der Waals surface area contributed by atoms with Crippen LogP contribution in [-0.4, -0.2) is 36.4 Å². The third kappa shape index (κ3) is 3.48. The summed E-state index contributed by atoms with van der Waals surface area (Å²) >= 11 is 0. The maximum Gasteiger partial charge on any atom is 0.423 e. The van der Waals surface area contributed by atoms with E-state index >= 15 is 0 Å². The van der Waals surface area contributed by atoms with Crippen molar-refractivity contribution < 1.29 is 19.2 Å². The van der Waals surface area contributed by atoms with Crippen LogP contribution in [0.25, 0.3) is 0 Å². The van der Waals surface area contributed by atoms with Gasteiger partial charge in [-0.3, -0.25) is 0 Å². The average Bonchev–Trinajstić information content (AvgIpc) is 2.06. The van der Waals surface area contributed by atoms with Gasteiger partial charge in [-0.25, -0.2) is 9.59 Å². The summed E-state index contributed by atoms with van der Waals surface area (Å²) in [4.78, 5) is 25.4. The summed E-state index contributed by atoms with van der Waals surface area (Å²) in [5.74, 6) is 0. The van der Waals surface area contributed by atoms with Crippen molar-refractivity contribution in [2.24, 2.45) is 11.5 Å². The molecule has 0 bridgehead atoms. The Balaban J connectivity index is 2.24. The van der Waals surface area contributed by atoms with Gasteiger partial charge in [-0.1, -0.05) is 0 Å². The molecule has 4 N–H and O–H groups in total. The van der Waals surface area contributed by atoms with Gasteiger partial charge in [-0.15, -0.1) is 5.06 Å². The standard InChI is InChI=1S/C7H13N3O4/c8-6(11)13-5-1-3-10(4-2-5)14-7(9)12/h5H,1-4H2,(H2,8,11)(H2,9,12). The van der Waals surface area contributed by atoms with Crippen LogP contribution >= 0.6 is 0 Å². The van der Waals surface area contributed by atoms with E-state index in [1.807, 2.05) is 0 Å². The number of hydrogen-bond acceptors (Lipinski definition) is 5. The Labute approximate surface area is 80.9 Å². The number of primary amides is 2. The molecule has 0 aliphatic carbocycles. The Morgan fingerprint density at radius 3 is 2.14 bits per heavy atom. The van der Waals surface area contributed by atoms with E-state index in [1.54, 1.807) is 0 Å². The summed E-state index contributed by atoms with van der Waals surface area (Å²) in [5, 5.41) is 1.43. The Hall–Kier alpha value is -1.50. The smallest absolute Gasteiger partial charge is 0.423 e.